The molecule has 110 valence electrons. The number of hydrogen-bond donors (Lipinski definition) is 1. The molecule has 1 aromatic carbocycles. The molecular weight excluding hydrogens is 264 g/mol. The molecule has 0 heterocycles. The lowest BCUT2D eigenvalue weighted by Crippen LogP contribution is -2.18. The Morgan fingerprint density at radius 2 is 2.00 bits per heavy atom. The van der Waals surface area contributed by atoms with E-state index in [4.69, 9.17) is 19.3 Å². The number of hydrogen-bond acceptors (Lipinski definition) is 5. The van der Waals surface area contributed by atoms with Gasteiger partial charge in [-0.15, -0.1) is 0 Å². The minimum atomic E-state index is -1.07. The van der Waals surface area contributed by atoms with Gasteiger partial charge in [0.15, 0.2) is 0 Å². The van der Waals surface area contributed by atoms with E-state index in [1.54, 1.807) is 13.2 Å². The van der Waals surface area contributed by atoms with Crippen LogP contribution in [0.25, 0.3) is 0 Å². The van der Waals surface area contributed by atoms with Crippen LogP contribution in [0.15, 0.2) is 18.2 Å². The van der Waals surface area contributed by atoms with Crippen molar-refractivity contribution < 1.29 is 28.9 Å². The van der Waals surface area contributed by atoms with E-state index in [9.17, 15) is 9.59 Å². The summed E-state index contributed by atoms with van der Waals surface area (Å²) in [5.41, 5.74) is 0.633. The van der Waals surface area contributed by atoms with Crippen LogP contribution in [0, 0.1) is 0 Å². The van der Waals surface area contributed by atoms with Gasteiger partial charge in [0.25, 0.3) is 0 Å². The van der Waals surface area contributed by atoms with Crippen LogP contribution in [0.2, 0.25) is 0 Å². The predicted octanol–water partition coefficient (Wildman–Crippen LogP) is 1.86. The van der Waals surface area contributed by atoms with Crippen LogP contribution in [0.4, 0.5) is 0 Å². The van der Waals surface area contributed by atoms with Crippen LogP contribution in [-0.2, 0) is 20.9 Å². The highest BCUT2D eigenvalue weighted by Gasteiger charge is 2.11. The fraction of sp³-hybridized carbons (Fsp3) is 0.429. The first-order valence-corrected chi connectivity index (χ1v) is 6.08. The van der Waals surface area contributed by atoms with E-state index in [1.807, 2.05) is 6.92 Å². The van der Waals surface area contributed by atoms with Crippen LogP contribution in [0.3, 0.4) is 0 Å². The van der Waals surface area contributed by atoms with Gasteiger partial charge < -0.3 is 19.3 Å². The van der Waals surface area contributed by atoms with Crippen molar-refractivity contribution in [2.45, 2.75) is 26.6 Å². The maximum absolute atomic E-state index is 11.1. The van der Waals surface area contributed by atoms with E-state index in [0.29, 0.717) is 17.9 Å². The van der Waals surface area contributed by atoms with Gasteiger partial charge in [-0.1, -0.05) is 0 Å². The Morgan fingerprint density at radius 3 is 2.55 bits per heavy atom. The first-order valence-electron chi connectivity index (χ1n) is 6.08. The van der Waals surface area contributed by atoms with E-state index < -0.39 is 11.9 Å². The third-order valence-electron chi connectivity index (χ3n) is 2.39. The molecule has 0 amide bonds. The number of carbonyl (C=O) groups excluding carboxylic acids is 1. The Hall–Kier alpha value is -2.08. The Kier molecular flexibility index (Phi) is 5.99. The molecule has 1 atom stereocenters. The zero-order valence-corrected chi connectivity index (χ0v) is 11.7. The molecule has 0 bridgehead atoms. The highest BCUT2D eigenvalue weighted by molar-refractivity contribution is 5.88. The standard InChI is InChI=1S/C14H18O6/c1-9(7-18-3)20-13-5-11(8-19-10(2)15)4-12(6-13)14(16)17/h4-6,9H,7-8H2,1-3H3,(H,16,17)/t9-/m0/s1. The average Bonchev–Trinajstić information content (AvgIpc) is 2.36. The summed E-state index contributed by atoms with van der Waals surface area (Å²) >= 11 is 0. The minimum absolute atomic E-state index is 0.00543. The number of rotatable bonds is 7. The molecular formula is C14H18O6. The van der Waals surface area contributed by atoms with Crippen LogP contribution >= 0.6 is 0 Å². The molecule has 0 saturated carbocycles. The maximum atomic E-state index is 11.1. The van der Waals surface area contributed by atoms with Crippen molar-refractivity contribution in [3.05, 3.63) is 29.3 Å². The lowest BCUT2D eigenvalue weighted by molar-refractivity contribution is -0.142. The Balaban J connectivity index is 2.92. The van der Waals surface area contributed by atoms with E-state index in [-0.39, 0.29) is 18.3 Å². The number of ether oxygens (including phenoxy) is 3. The summed E-state index contributed by atoms with van der Waals surface area (Å²) in [4.78, 5) is 21.9. The van der Waals surface area contributed by atoms with E-state index in [2.05, 4.69) is 0 Å². The minimum Gasteiger partial charge on any atom is -0.488 e. The van der Waals surface area contributed by atoms with Crippen molar-refractivity contribution >= 4 is 11.9 Å². The maximum Gasteiger partial charge on any atom is 0.335 e. The Morgan fingerprint density at radius 1 is 1.30 bits per heavy atom. The van der Waals surface area contributed by atoms with E-state index in [0.717, 1.165) is 0 Å². The normalized spacial score (nSPS) is 11.8. The third-order valence-corrected chi connectivity index (χ3v) is 2.39. The quantitative estimate of drug-likeness (QED) is 0.769. The summed E-state index contributed by atoms with van der Waals surface area (Å²) in [6, 6.07) is 4.51. The van der Waals surface area contributed by atoms with Crippen molar-refractivity contribution in [3.63, 3.8) is 0 Å². The molecule has 0 unspecified atom stereocenters. The van der Waals surface area contributed by atoms with Crippen molar-refractivity contribution in [1.29, 1.82) is 0 Å². The summed E-state index contributed by atoms with van der Waals surface area (Å²) in [5.74, 6) is -1.10. The van der Waals surface area contributed by atoms with Crippen LogP contribution in [0.1, 0.15) is 29.8 Å². The van der Waals surface area contributed by atoms with Crippen LogP contribution in [0.5, 0.6) is 5.75 Å². The summed E-state index contributed by atoms with van der Waals surface area (Å²) < 4.78 is 15.4. The first-order chi connectivity index (χ1) is 9.42. The Labute approximate surface area is 117 Å². The molecule has 20 heavy (non-hydrogen) atoms. The number of carboxylic acids is 1. The lowest BCUT2D eigenvalue weighted by atomic mass is 10.1. The molecule has 0 aliphatic rings. The second kappa shape index (κ2) is 7.49. The number of aromatic carboxylic acids is 1. The largest absolute Gasteiger partial charge is 0.488 e. The van der Waals surface area contributed by atoms with Gasteiger partial charge >= 0.3 is 11.9 Å². The first kappa shape index (κ1) is 16.0. The monoisotopic (exact) mass is 282 g/mol. The summed E-state index contributed by atoms with van der Waals surface area (Å²) in [5, 5.41) is 9.06. The van der Waals surface area contributed by atoms with Crippen LogP contribution in [-0.4, -0.2) is 36.9 Å². The van der Waals surface area contributed by atoms with Crippen molar-refractivity contribution in [2.75, 3.05) is 13.7 Å². The molecule has 0 radical (unpaired) electrons. The molecule has 0 aromatic heterocycles. The van der Waals surface area contributed by atoms with Gasteiger partial charge in [0, 0.05) is 14.0 Å². The number of benzene rings is 1. The second-order valence-electron chi connectivity index (χ2n) is 4.33. The molecule has 6 nitrogen and oxygen atoms in total. The smallest absolute Gasteiger partial charge is 0.335 e. The molecule has 0 fully saturated rings. The summed E-state index contributed by atoms with van der Waals surface area (Å²) in [6.45, 7) is 3.49. The van der Waals surface area contributed by atoms with Gasteiger partial charge in [0.05, 0.1) is 12.2 Å². The lowest BCUT2D eigenvalue weighted by Gasteiger charge is -2.15. The number of carbonyl (C=O) groups is 2. The molecule has 6 heteroatoms. The third kappa shape index (κ3) is 5.27. The zero-order chi connectivity index (χ0) is 15.1. The number of carboxylic acid groups (broad SMARTS) is 1. The summed E-state index contributed by atoms with van der Waals surface area (Å²) in [6.07, 6.45) is -0.217. The van der Waals surface area contributed by atoms with Gasteiger partial charge in [0.1, 0.15) is 18.5 Å². The predicted molar refractivity (Wildman–Crippen MR) is 70.8 cm³/mol. The van der Waals surface area contributed by atoms with Gasteiger partial charge in [-0.2, -0.15) is 0 Å². The molecule has 0 saturated heterocycles. The van der Waals surface area contributed by atoms with Gasteiger partial charge in [0.2, 0.25) is 0 Å². The fourth-order valence-electron chi connectivity index (χ4n) is 1.62. The molecule has 0 aliphatic carbocycles. The zero-order valence-electron chi connectivity index (χ0n) is 11.7. The Bertz CT molecular complexity index is 483. The van der Waals surface area contributed by atoms with Gasteiger partial charge in [-0.3, -0.25) is 4.79 Å². The average molecular weight is 282 g/mol. The highest BCUT2D eigenvalue weighted by Crippen LogP contribution is 2.19. The van der Waals surface area contributed by atoms with Crippen LogP contribution < -0.4 is 4.74 Å². The molecule has 1 aromatic rings. The van der Waals surface area contributed by atoms with Crippen molar-refractivity contribution in [1.82, 2.24) is 0 Å². The van der Waals surface area contributed by atoms with Crippen molar-refractivity contribution in [3.8, 4) is 5.75 Å². The topological polar surface area (TPSA) is 82.1 Å². The summed E-state index contributed by atoms with van der Waals surface area (Å²) in [7, 11) is 1.56. The second-order valence-corrected chi connectivity index (χ2v) is 4.33. The van der Waals surface area contributed by atoms with Crippen molar-refractivity contribution in [2.24, 2.45) is 0 Å². The van der Waals surface area contributed by atoms with Gasteiger partial charge in [-0.25, -0.2) is 4.79 Å². The fourth-order valence-corrected chi connectivity index (χ4v) is 1.62. The number of methoxy groups -OCH3 is 1. The molecule has 1 rings (SSSR count). The SMILES string of the molecule is COC[C@H](C)Oc1cc(COC(C)=O)cc(C(=O)O)c1. The van der Waals surface area contributed by atoms with Gasteiger partial charge in [-0.05, 0) is 30.7 Å². The van der Waals surface area contributed by atoms with E-state index in [1.165, 1.54) is 19.1 Å². The number of esters is 1. The molecule has 0 spiro atoms. The highest BCUT2D eigenvalue weighted by atomic mass is 16.5. The molecule has 1 N–H and O–H groups in total. The van der Waals surface area contributed by atoms with E-state index >= 15 is 0 Å². The molecule has 0 aliphatic heterocycles.